The van der Waals surface area contributed by atoms with E-state index >= 15 is 0 Å². The molecule has 0 bridgehead atoms. The second-order valence-electron chi connectivity index (χ2n) is 3.50. The molecule has 2 atom stereocenters. The first kappa shape index (κ1) is 9.30. The van der Waals surface area contributed by atoms with Crippen LogP contribution in [0.4, 0.5) is 0 Å². The van der Waals surface area contributed by atoms with E-state index < -0.39 is 0 Å². The third kappa shape index (κ3) is 1.28. The van der Waals surface area contributed by atoms with Gasteiger partial charge in [-0.25, -0.2) is 0 Å². The second-order valence-corrected chi connectivity index (χ2v) is 3.50. The number of nitrogens with two attached hydrogens (primary N) is 1. The van der Waals surface area contributed by atoms with Gasteiger partial charge in [0.2, 0.25) is 0 Å². The smallest absolute Gasteiger partial charge is 0.0832 e. The summed E-state index contributed by atoms with van der Waals surface area (Å²) in [6.07, 6.45) is 5.12. The van der Waals surface area contributed by atoms with Crippen LogP contribution in [0.25, 0.3) is 0 Å². The van der Waals surface area contributed by atoms with E-state index in [0.29, 0.717) is 0 Å². The van der Waals surface area contributed by atoms with Crippen molar-refractivity contribution < 1.29 is 4.74 Å². The fourth-order valence-corrected chi connectivity index (χ4v) is 2.44. The van der Waals surface area contributed by atoms with E-state index in [4.69, 9.17) is 10.5 Å². The predicted octanol–water partition coefficient (Wildman–Crippen LogP) is 1.33. The predicted molar refractivity (Wildman–Crippen MR) is 46.9 cm³/mol. The number of ether oxygens (including phenoxy) is 1. The van der Waals surface area contributed by atoms with E-state index in [9.17, 15) is 0 Å². The van der Waals surface area contributed by atoms with Crippen molar-refractivity contribution in [1.82, 2.24) is 0 Å². The molecule has 0 aromatic heterocycles. The zero-order chi connectivity index (χ0) is 7.03. The molecule has 2 N–H and O–H groups in total. The highest BCUT2D eigenvalue weighted by Gasteiger charge is 2.46. The molecule has 1 saturated carbocycles. The van der Waals surface area contributed by atoms with Crippen molar-refractivity contribution in [2.24, 2.45) is 11.7 Å². The number of fused-ring (bicyclic) bond motifs is 1. The molecule has 1 saturated heterocycles. The van der Waals surface area contributed by atoms with E-state index in [1.165, 1.54) is 25.7 Å². The van der Waals surface area contributed by atoms with Crippen LogP contribution in [-0.2, 0) is 4.74 Å². The van der Waals surface area contributed by atoms with Crippen molar-refractivity contribution in [3.8, 4) is 0 Å². The summed E-state index contributed by atoms with van der Waals surface area (Å²) in [5.41, 5.74) is 5.81. The molecule has 2 nitrogen and oxygen atoms in total. The van der Waals surface area contributed by atoms with Gasteiger partial charge in [0.1, 0.15) is 0 Å². The van der Waals surface area contributed by atoms with E-state index in [0.717, 1.165) is 19.1 Å². The van der Waals surface area contributed by atoms with Crippen LogP contribution in [0.3, 0.4) is 0 Å². The lowest BCUT2D eigenvalue weighted by atomic mass is 9.91. The summed E-state index contributed by atoms with van der Waals surface area (Å²) in [6.45, 7) is 1.68. The number of rotatable bonds is 1. The van der Waals surface area contributed by atoms with Gasteiger partial charge in [0.25, 0.3) is 0 Å². The number of halogens is 1. The average molecular weight is 178 g/mol. The topological polar surface area (TPSA) is 35.2 Å². The molecule has 1 aliphatic carbocycles. The van der Waals surface area contributed by atoms with Gasteiger partial charge in [-0.2, -0.15) is 0 Å². The van der Waals surface area contributed by atoms with Crippen LogP contribution >= 0.6 is 12.4 Å². The molecule has 2 unspecified atom stereocenters. The molecular formula is C8H16ClNO. The summed E-state index contributed by atoms with van der Waals surface area (Å²) in [7, 11) is 0. The SMILES string of the molecule is Cl.NCC12CCCC1CCO2. The standard InChI is InChI=1S/C8H15NO.ClH/c9-6-8-4-1-2-7(8)3-5-10-8;/h7H,1-6,9H2;1H. The Morgan fingerprint density at radius 2 is 2.27 bits per heavy atom. The number of hydrogen-bond acceptors (Lipinski definition) is 2. The maximum absolute atomic E-state index is 5.69. The lowest BCUT2D eigenvalue weighted by Crippen LogP contribution is -2.39. The van der Waals surface area contributed by atoms with Crippen LogP contribution < -0.4 is 5.73 Å². The zero-order valence-electron chi connectivity index (χ0n) is 6.71. The largest absolute Gasteiger partial charge is 0.373 e. The molecule has 0 amide bonds. The average Bonchev–Trinajstić information content (AvgIpc) is 2.42. The fourth-order valence-electron chi connectivity index (χ4n) is 2.44. The molecule has 2 aliphatic rings. The summed E-state index contributed by atoms with van der Waals surface area (Å²) in [5, 5.41) is 0. The summed E-state index contributed by atoms with van der Waals surface area (Å²) in [4.78, 5) is 0. The normalized spacial score (nSPS) is 41.7. The third-order valence-electron chi connectivity index (χ3n) is 3.10. The molecule has 0 radical (unpaired) electrons. The van der Waals surface area contributed by atoms with Crippen LogP contribution in [0.15, 0.2) is 0 Å². The van der Waals surface area contributed by atoms with E-state index in [-0.39, 0.29) is 18.0 Å². The maximum Gasteiger partial charge on any atom is 0.0832 e. The quantitative estimate of drug-likeness (QED) is 0.656. The van der Waals surface area contributed by atoms with Crippen molar-refractivity contribution in [3.63, 3.8) is 0 Å². The van der Waals surface area contributed by atoms with Crippen LogP contribution in [0.1, 0.15) is 25.7 Å². The Morgan fingerprint density at radius 1 is 1.45 bits per heavy atom. The van der Waals surface area contributed by atoms with Crippen LogP contribution in [0.2, 0.25) is 0 Å². The Hall–Kier alpha value is 0.210. The van der Waals surface area contributed by atoms with Gasteiger partial charge in [0.15, 0.2) is 0 Å². The summed E-state index contributed by atoms with van der Waals surface area (Å²) in [6, 6.07) is 0. The number of hydrogen-bond donors (Lipinski definition) is 1. The molecule has 2 rings (SSSR count). The van der Waals surface area contributed by atoms with Crippen molar-refractivity contribution in [3.05, 3.63) is 0 Å². The molecule has 1 aliphatic heterocycles. The van der Waals surface area contributed by atoms with Gasteiger partial charge in [-0.3, -0.25) is 0 Å². The van der Waals surface area contributed by atoms with Crippen LogP contribution in [0.5, 0.6) is 0 Å². The molecule has 11 heavy (non-hydrogen) atoms. The second kappa shape index (κ2) is 3.30. The lowest BCUT2D eigenvalue weighted by molar-refractivity contribution is -0.000196. The molecule has 3 heteroatoms. The maximum atomic E-state index is 5.69. The molecular weight excluding hydrogens is 162 g/mol. The minimum Gasteiger partial charge on any atom is -0.373 e. The first-order valence-electron chi connectivity index (χ1n) is 4.21. The highest BCUT2D eigenvalue weighted by Crippen LogP contribution is 2.44. The van der Waals surface area contributed by atoms with Gasteiger partial charge in [0.05, 0.1) is 5.60 Å². The van der Waals surface area contributed by atoms with Crippen molar-refractivity contribution in [2.75, 3.05) is 13.2 Å². The minimum absolute atomic E-state index is 0. The first-order chi connectivity index (χ1) is 4.87. The Labute approximate surface area is 73.9 Å². The Kier molecular flexibility index (Phi) is 2.79. The van der Waals surface area contributed by atoms with E-state index in [1.54, 1.807) is 0 Å². The highest BCUT2D eigenvalue weighted by molar-refractivity contribution is 5.85. The first-order valence-corrected chi connectivity index (χ1v) is 4.21. The van der Waals surface area contributed by atoms with Gasteiger partial charge in [-0.1, -0.05) is 6.42 Å². The third-order valence-corrected chi connectivity index (χ3v) is 3.10. The molecule has 2 fully saturated rings. The van der Waals surface area contributed by atoms with E-state index in [1.807, 2.05) is 0 Å². The van der Waals surface area contributed by atoms with Crippen molar-refractivity contribution >= 4 is 12.4 Å². The molecule has 66 valence electrons. The fraction of sp³-hybridized carbons (Fsp3) is 1.00. The Bertz CT molecular complexity index is 130. The van der Waals surface area contributed by atoms with Gasteiger partial charge < -0.3 is 10.5 Å². The molecule has 0 aromatic rings. The monoisotopic (exact) mass is 177 g/mol. The van der Waals surface area contributed by atoms with Crippen molar-refractivity contribution in [1.29, 1.82) is 0 Å². The summed E-state index contributed by atoms with van der Waals surface area (Å²) >= 11 is 0. The highest BCUT2D eigenvalue weighted by atomic mass is 35.5. The van der Waals surface area contributed by atoms with Crippen LogP contribution in [0, 0.1) is 5.92 Å². The van der Waals surface area contributed by atoms with Crippen LogP contribution in [-0.4, -0.2) is 18.8 Å². The van der Waals surface area contributed by atoms with Crippen molar-refractivity contribution in [2.45, 2.75) is 31.3 Å². The molecule has 1 heterocycles. The summed E-state index contributed by atoms with van der Waals surface area (Å²) < 4.78 is 5.69. The minimum atomic E-state index is 0. The van der Waals surface area contributed by atoms with Gasteiger partial charge in [-0.05, 0) is 25.2 Å². The summed E-state index contributed by atoms with van der Waals surface area (Å²) in [5.74, 6) is 0.789. The Morgan fingerprint density at radius 3 is 2.91 bits per heavy atom. The van der Waals surface area contributed by atoms with Gasteiger partial charge in [-0.15, -0.1) is 12.4 Å². The van der Waals surface area contributed by atoms with Gasteiger partial charge in [0, 0.05) is 13.2 Å². The zero-order valence-corrected chi connectivity index (χ0v) is 7.53. The van der Waals surface area contributed by atoms with Gasteiger partial charge >= 0.3 is 0 Å². The molecule has 0 aromatic carbocycles. The Balaban J connectivity index is 0.000000605. The lowest BCUT2D eigenvalue weighted by Gasteiger charge is -2.26. The van der Waals surface area contributed by atoms with E-state index in [2.05, 4.69) is 0 Å². The molecule has 0 spiro atoms.